The zero-order valence-electron chi connectivity index (χ0n) is 12.5. The van der Waals surface area contributed by atoms with Gasteiger partial charge in [0.05, 0.1) is 7.11 Å². The Hall–Kier alpha value is -1.08. The van der Waals surface area contributed by atoms with Gasteiger partial charge in [-0.2, -0.15) is 11.8 Å². The van der Waals surface area contributed by atoms with E-state index in [1.54, 1.807) is 0 Å². The van der Waals surface area contributed by atoms with Gasteiger partial charge in [-0.15, -0.1) is 0 Å². The van der Waals surface area contributed by atoms with E-state index in [-0.39, 0.29) is 11.5 Å². The fourth-order valence-electron chi connectivity index (χ4n) is 2.49. The van der Waals surface area contributed by atoms with Crippen molar-refractivity contribution in [2.45, 2.75) is 44.4 Å². The Morgan fingerprint density at radius 3 is 2.86 bits per heavy atom. The highest BCUT2D eigenvalue weighted by molar-refractivity contribution is 7.99. The number of ketones is 1. The minimum absolute atomic E-state index is 0.120. The third-order valence-electron chi connectivity index (χ3n) is 3.44. The van der Waals surface area contributed by atoms with Crippen LogP contribution in [0.5, 0.6) is 0 Å². The Labute approximate surface area is 132 Å². The summed E-state index contributed by atoms with van der Waals surface area (Å²) in [6, 6.07) is 0.366. The van der Waals surface area contributed by atoms with Crippen molar-refractivity contribution < 1.29 is 14.3 Å². The van der Waals surface area contributed by atoms with Gasteiger partial charge in [0.1, 0.15) is 4.88 Å². The van der Waals surface area contributed by atoms with Gasteiger partial charge < -0.3 is 10.1 Å². The predicted octanol–water partition coefficient (Wildman–Crippen LogP) is 3.22. The van der Waals surface area contributed by atoms with Gasteiger partial charge in [-0.3, -0.25) is 4.79 Å². The zero-order chi connectivity index (χ0) is 15.4. The van der Waals surface area contributed by atoms with Crippen molar-refractivity contribution >= 4 is 40.0 Å². The Kier molecular flexibility index (Phi) is 5.64. The molecule has 116 valence electrons. The Balaban J connectivity index is 2.07. The van der Waals surface area contributed by atoms with Crippen molar-refractivity contribution in [2.75, 3.05) is 18.2 Å². The molecule has 0 bridgehead atoms. The molecule has 0 radical (unpaired) electrons. The fourth-order valence-corrected chi connectivity index (χ4v) is 4.56. The molecular formula is C14H20N2O3S2. The number of Topliss-reactive ketones (excluding diaryl/α,β-unsaturated/α-hetero) is 1. The lowest BCUT2D eigenvalue weighted by Crippen LogP contribution is -2.16. The third kappa shape index (κ3) is 3.97. The van der Waals surface area contributed by atoms with Crippen LogP contribution in [0.25, 0.3) is 0 Å². The Bertz CT molecular complexity index is 530. The lowest BCUT2D eigenvalue weighted by molar-refractivity contribution is 0.0591. The molecule has 21 heavy (non-hydrogen) atoms. The van der Waals surface area contributed by atoms with Crippen molar-refractivity contribution in [2.24, 2.45) is 0 Å². The number of nitrogens with zero attached hydrogens (tertiary/aromatic N) is 1. The largest absolute Gasteiger partial charge is 0.464 e. The predicted molar refractivity (Wildman–Crippen MR) is 86.6 cm³/mol. The molecule has 0 aromatic carbocycles. The number of carbonyl (C=O) groups excluding carboxylic acids is 2. The maximum absolute atomic E-state index is 11.7. The maximum atomic E-state index is 11.7. The van der Waals surface area contributed by atoms with E-state index in [2.05, 4.69) is 22.0 Å². The summed E-state index contributed by atoms with van der Waals surface area (Å²) in [5.74, 6) is 0.414. The van der Waals surface area contributed by atoms with Crippen LogP contribution in [0.1, 0.15) is 53.3 Å². The molecule has 1 fully saturated rings. The molecule has 1 aliphatic rings. The van der Waals surface area contributed by atoms with Gasteiger partial charge in [0, 0.05) is 18.2 Å². The summed E-state index contributed by atoms with van der Waals surface area (Å²) in [5.41, 5.74) is 0.120. The van der Waals surface area contributed by atoms with Gasteiger partial charge in [-0.1, -0.05) is 18.3 Å². The first-order valence-electron chi connectivity index (χ1n) is 7.03. The molecule has 7 heteroatoms. The molecule has 1 aromatic heterocycles. The average Bonchev–Trinajstić information content (AvgIpc) is 3.06. The van der Waals surface area contributed by atoms with Crippen LogP contribution < -0.4 is 5.32 Å². The number of esters is 1. The van der Waals surface area contributed by atoms with Crippen molar-refractivity contribution in [3.8, 4) is 0 Å². The number of aromatic nitrogens is 1. The summed E-state index contributed by atoms with van der Waals surface area (Å²) in [7, 11) is 1.29. The highest BCUT2D eigenvalue weighted by atomic mass is 32.2. The van der Waals surface area contributed by atoms with E-state index < -0.39 is 5.97 Å². The average molecular weight is 328 g/mol. The number of carbonyl (C=O) groups is 2. The van der Waals surface area contributed by atoms with E-state index >= 15 is 0 Å². The molecule has 1 saturated carbocycles. The molecule has 2 unspecified atom stereocenters. The summed E-state index contributed by atoms with van der Waals surface area (Å²) in [5, 5.41) is 4.68. The van der Waals surface area contributed by atoms with Gasteiger partial charge in [0.15, 0.2) is 16.6 Å². The first-order chi connectivity index (χ1) is 10.0. The number of thioether (sulfide) groups is 1. The SMILES string of the molecule is CCSC1CCC(Nc2nc(C(=O)OC)c(C(C)=O)s2)C1. The molecule has 0 amide bonds. The van der Waals surface area contributed by atoms with Gasteiger partial charge in [0.2, 0.25) is 0 Å². The van der Waals surface area contributed by atoms with Crippen molar-refractivity contribution in [1.82, 2.24) is 4.98 Å². The van der Waals surface area contributed by atoms with E-state index in [1.165, 1.54) is 31.8 Å². The summed E-state index contributed by atoms with van der Waals surface area (Å²) in [6.45, 7) is 3.61. The molecule has 2 rings (SSSR count). The van der Waals surface area contributed by atoms with Crippen LogP contribution in [0.4, 0.5) is 5.13 Å². The van der Waals surface area contributed by atoms with Gasteiger partial charge in [0.25, 0.3) is 0 Å². The number of nitrogens with one attached hydrogen (secondary N) is 1. The van der Waals surface area contributed by atoms with Crippen molar-refractivity contribution in [3.05, 3.63) is 10.6 Å². The molecule has 1 aromatic rings. The first-order valence-corrected chi connectivity index (χ1v) is 8.89. The van der Waals surface area contributed by atoms with Crippen LogP contribution in [0.3, 0.4) is 0 Å². The third-order valence-corrected chi connectivity index (χ3v) is 5.76. The molecule has 1 N–H and O–H groups in total. The van der Waals surface area contributed by atoms with Crippen LogP contribution >= 0.6 is 23.1 Å². The standard InChI is InChI=1S/C14H20N2O3S2/c1-4-20-10-6-5-9(7-10)15-14-16-11(13(18)19-3)12(21-14)8(2)17/h9-10H,4-7H2,1-3H3,(H,15,16). The van der Waals surface area contributed by atoms with Gasteiger partial charge in [-0.25, -0.2) is 9.78 Å². The van der Waals surface area contributed by atoms with E-state index in [0.717, 1.165) is 18.6 Å². The second-order valence-electron chi connectivity index (χ2n) is 4.98. The second kappa shape index (κ2) is 7.26. The summed E-state index contributed by atoms with van der Waals surface area (Å²) in [4.78, 5) is 27.9. The number of rotatable bonds is 6. The van der Waals surface area contributed by atoms with Crippen LogP contribution in [0, 0.1) is 0 Å². The molecule has 1 aliphatic carbocycles. The van der Waals surface area contributed by atoms with Crippen molar-refractivity contribution in [3.63, 3.8) is 0 Å². The number of ether oxygens (including phenoxy) is 1. The normalized spacial score (nSPS) is 21.3. The van der Waals surface area contributed by atoms with E-state index in [4.69, 9.17) is 0 Å². The van der Waals surface area contributed by atoms with E-state index in [9.17, 15) is 9.59 Å². The summed E-state index contributed by atoms with van der Waals surface area (Å²) >= 11 is 3.22. The highest BCUT2D eigenvalue weighted by Gasteiger charge is 2.27. The van der Waals surface area contributed by atoms with Crippen LogP contribution in [-0.2, 0) is 4.74 Å². The van der Waals surface area contributed by atoms with Crippen LogP contribution in [-0.4, -0.2) is 40.9 Å². The quantitative estimate of drug-likeness (QED) is 0.639. The number of anilines is 1. The molecular weight excluding hydrogens is 308 g/mol. The Morgan fingerprint density at radius 2 is 2.24 bits per heavy atom. The second-order valence-corrected chi connectivity index (χ2v) is 7.55. The summed E-state index contributed by atoms with van der Waals surface area (Å²) in [6.07, 6.45) is 3.40. The lowest BCUT2D eigenvalue weighted by atomic mass is 10.2. The monoisotopic (exact) mass is 328 g/mol. The molecule has 1 heterocycles. The molecule has 0 aliphatic heterocycles. The highest BCUT2D eigenvalue weighted by Crippen LogP contribution is 2.33. The minimum atomic E-state index is -0.560. The minimum Gasteiger partial charge on any atom is -0.464 e. The lowest BCUT2D eigenvalue weighted by Gasteiger charge is -2.11. The van der Waals surface area contributed by atoms with Crippen molar-refractivity contribution in [1.29, 1.82) is 0 Å². The first kappa shape index (κ1) is 16.3. The topological polar surface area (TPSA) is 68.3 Å². The van der Waals surface area contributed by atoms with Gasteiger partial charge in [-0.05, 0) is 25.0 Å². The Morgan fingerprint density at radius 1 is 1.48 bits per heavy atom. The van der Waals surface area contributed by atoms with E-state index in [0.29, 0.717) is 21.3 Å². The molecule has 0 spiro atoms. The van der Waals surface area contributed by atoms with E-state index in [1.807, 2.05) is 11.8 Å². The maximum Gasteiger partial charge on any atom is 0.358 e. The zero-order valence-corrected chi connectivity index (χ0v) is 14.1. The molecule has 0 saturated heterocycles. The fraction of sp³-hybridized carbons (Fsp3) is 0.643. The number of methoxy groups -OCH3 is 1. The number of hydrogen-bond acceptors (Lipinski definition) is 7. The molecule has 2 atom stereocenters. The van der Waals surface area contributed by atoms with Crippen LogP contribution in [0.15, 0.2) is 0 Å². The number of hydrogen-bond donors (Lipinski definition) is 1. The van der Waals surface area contributed by atoms with Gasteiger partial charge >= 0.3 is 5.97 Å². The van der Waals surface area contributed by atoms with Crippen LogP contribution in [0.2, 0.25) is 0 Å². The smallest absolute Gasteiger partial charge is 0.358 e. The summed E-state index contributed by atoms with van der Waals surface area (Å²) < 4.78 is 4.68. The number of thiazole rings is 1. The molecule has 5 nitrogen and oxygen atoms in total.